The van der Waals surface area contributed by atoms with Crippen LogP contribution in [-0.2, 0) is 5.41 Å². The highest BCUT2D eigenvalue weighted by atomic mass is 79.9. The molecule has 1 aliphatic carbocycles. The molecule has 0 spiro atoms. The van der Waals surface area contributed by atoms with Gasteiger partial charge in [-0.1, -0.05) is 260 Å². The number of nitrogens with zero attached hydrogens (tertiary/aromatic N) is 6. The predicted octanol–water partition coefficient (Wildman–Crippen LogP) is 26.1. The zero-order valence-corrected chi connectivity index (χ0v) is 58.1. The van der Waals surface area contributed by atoms with Crippen LogP contribution >= 0.6 is 47.8 Å². The predicted molar refractivity (Wildman–Crippen MR) is 417 cm³/mol. The van der Waals surface area contributed by atoms with Crippen LogP contribution < -0.4 is 14.7 Å². The van der Waals surface area contributed by atoms with E-state index in [1.54, 1.807) is 0 Å². The van der Waals surface area contributed by atoms with Gasteiger partial charge in [-0.05, 0) is 219 Å². The first-order chi connectivity index (χ1) is 47.6. The van der Waals surface area contributed by atoms with E-state index in [2.05, 4.69) is 401 Å². The van der Waals surface area contributed by atoms with E-state index >= 15 is 0 Å². The third kappa shape index (κ3) is 14.3. The van der Waals surface area contributed by atoms with Gasteiger partial charge in [0.15, 0.2) is 4.73 Å². The van der Waals surface area contributed by atoms with Gasteiger partial charge in [-0.2, -0.15) is 0 Å². The van der Waals surface area contributed by atoms with Crippen LogP contribution in [0.25, 0.3) is 66.4 Å². The molecule has 0 N–H and O–H groups in total. The maximum Gasteiger partial charge on any atom is 0.196 e. The highest BCUT2D eigenvalue weighted by Crippen LogP contribution is 2.52. The van der Waals surface area contributed by atoms with Crippen LogP contribution in [0, 0.1) is 0 Å². The first-order valence-corrected chi connectivity index (χ1v) is 34.6. The summed E-state index contributed by atoms with van der Waals surface area (Å²) in [6.45, 7) is 4.66. The number of anilines is 9. The summed E-state index contributed by atoms with van der Waals surface area (Å²) in [5.74, 6) is 0. The van der Waals surface area contributed by atoms with Gasteiger partial charge in [0, 0.05) is 49.7 Å². The van der Waals surface area contributed by atoms with E-state index < -0.39 is 0 Å². The van der Waals surface area contributed by atoms with Crippen molar-refractivity contribution in [1.29, 1.82) is 0 Å². The third-order valence-electron chi connectivity index (χ3n) is 17.7. The molecule has 0 saturated heterocycles. The Hall–Kier alpha value is -10.8. The molecule has 0 fully saturated rings. The number of rotatable bonds is 13. The van der Waals surface area contributed by atoms with Crippen molar-refractivity contribution in [2.24, 2.45) is 0 Å². The molecule has 9 heteroatoms. The van der Waals surface area contributed by atoms with Crippen molar-refractivity contribution in [2.75, 3.05) is 14.7 Å². The van der Waals surface area contributed by atoms with Crippen molar-refractivity contribution < 1.29 is 0 Å². The molecule has 0 saturated carbocycles. The SMILES string of the molecule is Brc1ccc(N(c2ccc(-c3ccccc3)cc2)c2ccc(-c3ccccc3)cc2)cn1.Brc1ncc(N(c2ccc(-c3ccccc3)cc2)c2ccc(-c3ccccc3)cc2)cn1.CC1(C)c2cc(Br)ccc2-c2ccc(N(c3ccccc3)c3ccc4ccccc4c3)cc21. The van der Waals surface area contributed by atoms with Crippen LogP contribution in [0.5, 0.6) is 0 Å². The molecule has 97 heavy (non-hydrogen) atoms. The standard InChI is InChI=1S/C31H24BrN.C29H21BrN2.C28H20BrN3/c1-31(2)29-19-23(32)13-16-27(29)28-17-15-26(20-30(28)31)33(24-10-4-3-5-11-24)25-14-12-21-8-6-7-9-22(21)18-25;30-29-20-19-28(21-31-29)32(26-15-11-24(12-16-26)22-7-3-1-4-8-22)27-17-13-25(14-18-27)23-9-5-2-6-10-23;29-28-30-19-27(20-31-28)32(25-15-11-23(12-16-25)21-7-3-1-4-8-21)26-17-13-24(14-18-26)22-9-5-2-6-10-22/h3-20H,1-2H3;1-21H;1-20H. The fourth-order valence-corrected chi connectivity index (χ4v) is 13.5. The summed E-state index contributed by atoms with van der Waals surface area (Å²) in [4.78, 5) is 19.9. The molecular weight excluding hydrogens is 1380 g/mol. The molecule has 1 aliphatic rings. The maximum absolute atomic E-state index is 4.46. The Kier molecular flexibility index (Phi) is 19.0. The smallest absolute Gasteiger partial charge is 0.196 e. The number of halogens is 3. The Morgan fingerprint density at radius 2 is 0.567 bits per heavy atom. The minimum absolute atomic E-state index is 0.0593. The zero-order valence-electron chi connectivity index (χ0n) is 53.4. The summed E-state index contributed by atoms with van der Waals surface area (Å²) in [7, 11) is 0. The third-order valence-corrected chi connectivity index (χ3v) is 19.0. The Labute approximate surface area is 592 Å². The molecule has 2 heterocycles. The number of aromatic nitrogens is 3. The van der Waals surface area contributed by atoms with E-state index in [1.807, 2.05) is 48.9 Å². The first kappa shape index (κ1) is 63.6. The van der Waals surface area contributed by atoms with E-state index in [1.165, 1.54) is 83.2 Å². The van der Waals surface area contributed by atoms with Crippen LogP contribution in [0.1, 0.15) is 25.0 Å². The number of para-hydroxylation sites is 1. The van der Waals surface area contributed by atoms with Gasteiger partial charge in [0.25, 0.3) is 0 Å². The second kappa shape index (κ2) is 29.0. The van der Waals surface area contributed by atoms with Gasteiger partial charge in [-0.3, -0.25) is 0 Å². The second-order valence-corrected chi connectivity index (χ2v) is 26.6. The Morgan fingerprint density at radius 1 is 0.247 bits per heavy atom. The normalized spacial score (nSPS) is 11.6. The van der Waals surface area contributed by atoms with Crippen LogP contribution in [-0.4, -0.2) is 15.0 Å². The van der Waals surface area contributed by atoms with E-state index in [4.69, 9.17) is 0 Å². The van der Waals surface area contributed by atoms with Crippen molar-refractivity contribution in [3.05, 3.63) is 383 Å². The summed E-state index contributed by atoms with van der Waals surface area (Å²) in [6.07, 6.45) is 5.54. The Balaban J connectivity index is 0.000000125. The molecule has 0 atom stereocenters. The van der Waals surface area contributed by atoms with E-state index in [-0.39, 0.29) is 5.41 Å². The van der Waals surface area contributed by atoms with Crippen LogP contribution in [0.4, 0.5) is 51.2 Å². The van der Waals surface area contributed by atoms with Crippen LogP contribution in [0.15, 0.2) is 372 Å². The fraction of sp³-hybridized carbons (Fsp3) is 0.0341. The van der Waals surface area contributed by atoms with Crippen molar-refractivity contribution in [3.63, 3.8) is 0 Å². The molecule has 468 valence electrons. The monoisotopic (exact) mass is 1440 g/mol. The van der Waals surface area contributed by atoms with E-state index in [9.17, 15) is 0 Å². The molecule has 0 radical (unpaired) electrons. The van der Waals surface area contributed by atoms with Crippen molar-refractivity contribution in [1.82, 2.24) is 15.0 Å². The first-order valence-electron chi connectivity index (χ1n) is 32.2. The largest absolute Gasteiger partial charge is 0.310 e. The lowest BCUT2D eigenvalue weighted by molar-refractivity contribution is 0.660. The van der Waals surface area contributed by atoms with Gasteiger partial charge in [0.1, 0.15) is 4.60 Å². The molecular formula is C88H65Br3N6. The number of pyridine rings is 1. The molecule has 0 aliphatic heterocycles. The Bertz CT molecular complexity index is 4730. The molecule has 13 aromatic carbocycles. The number of hydrogen-bond donors (Lipinski definition) is 0. The summed E-state index contributed by atoms with van der Waals surface area (Å²) in [5, 5.41) is 2.50. The van der Waals surface area contributed by atoms with Gasteiger partial charge < -0.3 is 14.7 Å². The van der Waals surface area contributed by atoms with Gasteiger partial charge >= 0.3 is 0 Å². The lowest BCUT2D eigenvalue weighted by Crippen LogP contribution is -2.16. The second-order valence-electron chi connectivity index (χ2n) is 24.1. The number of fused-ring (bicyclic) bond motifs is 4. The number of hydrogen-bond acceptors (Lipinski definition) is 6. The zero-order chi connectivity index (χ0) is 66.1. The highest BCUT2D eigenvalue weighted by Gasteiger charge is 2.36. The quantitative estimate of drug-likeness (QED) is 0.0847. The summed E-state index contributed by atoms with van der Waals surface area (Å²) >= 11 is 10.5. The molecule has 0 amide bonds. The van der Waals surface area contributed by atoms with Crippen molar-refractivity contribution >= 4 is 110 Å². The van der Waals surface area contributed by atoms with E-state index in [0.29, 0.717) is 4.73 Å². The van der Waals surface area contributed by atoms with E-state index in [0.717, 1.165) is 54.6 Å². The lowest BCUT2D eigenvalue weighted by Gasteiger charge is -2.28. The van der Waals surface area contributed by atoms with Crippen LogP contribution in [0.3, 0.4) is 0 Å². The van der Waals surface area contributed by atoms with Gasteiger partial charge in [-0.25, -0.2) is 15.0 Å². The molecule has 16 rings (SSSR count). The number of benzene rings is 13. The Morgan fingerprint density at radius 3 is 1.01 bits per heavy atom. The average molecular weight is 1450 g/mol. The van der Waals surface area contributed by atoms with Gasteiger partial charge in [0.05, 0.1) is 30.0 Å². The van der Waals surface area contributed by atoms with Crippen molar-refractivity contribution in [2.45, 2.75) is 19.3 Å². The minimum atomic E-state index is -0.0593. The van der Waals surface area contributed by atoms with Gasteiger partial charge in [-0.15, -0.1) is 0 Å². The molecule has 15 aromatic rings. The minimum Gasteiger partial charge on any atom is -0.310 e. The molecule has 0 unspecified atom stereocenters. The van der Waals surface area contributed by atoms with Gasteiger partial charge in [0.2, 0.25) is 0 Å². The summed E-state index contributed by atoms with van der Waals surface area (Å²) in [6, 6.07) is 120. The molecule has 6 nitrogen and oxygen atoms in total. The van der Waals surface area contributed by atoms with Crippen molar-refractivity contribution in [3.8, 4) is 55.6 Å². The topological polar surface area (TPSA) is 48.4 Å². The summed E-state index contributed by atoms with van der Waals surface area (Å²) < 4.78 is 2.52. The highest BCUT2D eigenvalue weighted by molar-refractivity contribution is 9.11. The molecule has 0 bridgehead atoms. The lowest BCUT2D eigenvalue weighted by atomic mass is 9.82. The average Bonchev–Trinajstić information content (AvgIpc) is 1.59. The van der Waals surface area contributed by atoms with Crippen LogP contribution in [0.2, 0.25) is 0 Å². The summed E-state index contributed by atoms with van der Waals surface area (Å²) in [5.41, 5.74) is 24.6. The molecule has 2 aromatic heterocycles. The maximum atomic E-state index is 4.46. The fourth-order valence-electron chi connectivity index (χ4n) is 12.7.